The van der Waals surface area contributed by atoms with Crippen molar-refractivity contribution in [2.45, 2.75) is 19.9 Å². The third-order valence-corrected chi connectivity index (χ3v) is 3.32. The number of hydrogen-bond donors (Lipinski definition) is 1. The molecule has 5 heteroatoms. The summed E-state index contributed by atoms with van der Waals surface area (Å²) in [5.41, 5.74) is 1.09. The monoisotopic (exact) mass is 285 g/mol. The van der Waals surface area contributed by atoms with Gasteiger partial charge in [0.1, 0.15) is 0 Å². The minimum Gasteiger partial charge on any atom is -0.356 e. The Morgan fingerprint density at radius 1 is 1.29 bits per heavy atom. The molecule has 0 saturated heterocycles. The van der Waals surface area contributed by atoms with Crippen molar-refractivity contribution >= 4 is 22.6 Å². The van der Waals surface area contributed by atoms with Crippen molar-refractivity contribution in [3.05, 3.63) is 42.2 Å². The standard InChI is InChI=1S/C16H19N3O2/c1-12(20)18-9-7-16(21)19(2)11-14-5-3-4-13-10-17-8-6-15(13)14/h3-6,8,10H,7,9,11H2,1-2H3,(H,18,20). The van der Waals surface area contributed by atoms with Gasteiger partial charge < -0.3 is 10.2 Å². The van der Waals surface area contributed by atoms with E-state index in [9.17, 15) is 9.59 Å². The zero-order chi connectivity index (χ0) is 15.2. The smallest absolute Gasteiger partial charge is 0.224 e. The fourth-order valence-electron chi connectivity index (χ4n) is 2.21. The first-order valence-electron chi connectivity index (χ1n) is 6.88. The third-order valence-electron chi connectivity index (χ3n) is 3.32. The van der Waals surface area contributed by atoms with Crippen molar-refractivity contribution in [3.63, 3.8) is 0 Å². The van der Waals surface area contributed by atoms with Crippen LogP contribution < -0.4 is 5.32 Å². The lowest BCUT2D eigenvalue weighted by Crippen LogP contribution is -2.31. The molecule has 2 amide bonds. The van der Waals surface area contributed by atoms with E-state index in [1.54, 1.807) is 18.1 Å². The van der Waals surface area contributed by atoms with Crippen LogP contribution in [0.15, 0.2) is 36.7 Å². The molecule has 0 aliphatic rings. The number of pyridine rings is 1. The summed E-state index contributed by atoms with van der Waals surface area (Å²) in [7, 11) is 1.77. The van der Waals surface area contributed by atoms with Gasteiger partial charge in [0.15, 0.2) is 0 Å². The van der Waals surface area contributed by atoms with Crippen molar-refractivity contribution in [1.82, 2.24) is 15.2 Å². The number of carbonyl (C=O) groups is 2. The highest BCUT2D eigenvalue weighted by Gasteiger charge is 2.10. The van der Waals surface area contributed by atoms with E-state index in [1.165, 1.54) is 6.92 Å². The summed E-state index contributed by atoms with van der Waals surface area (Å²) in [6.07, 6.45) is 3.88. The Kier molecular flexibility index (Phi) is 4.87. The number of nitrogens with one attached hydrogen (secondary N) is 1. The molecule has 21 heavy (non-hydrogen) atoms. The highest BCUT2D eigenvalue weighted by molar-refractivity contribution is 5.85. The van der Waals surface area contributed by atoms with Gasteiger partial charge in [-0.1, -0.05) is 18.2 Å². The second-order valence-corrected chi connectivity index (χ2v) is 5.00. The molecule has 0 radical (unpaired) electrons. The zero-order valence-corrected chi connectivity index (χ0v) is 12.3. The summed E-state index contributed by atoms with van der Waals surface area (Å²) in [4.78, 5) is 28.6. The van der Waals surface area contributed by atoms with Gasteiger partial charge >= 0.3 is 0 Å². The van der Waals surface area contributed by atoms with Crippen LogP contribution >= 0.6 is 0 Å². The first-order valence-corrected chi connectivity index (χ1v) is 6.88. The largest absolute Gasteiger partial charge is 0.356 e. The number of amides is 2. The van der Waals surface area contributed by atoms with E-state index in [0.29, 0.717) is 19.5 Å². The lowest BCUT2D eigenvalue weighted by atomic mass is 10.1. The van der Waals surface area contributed by atoms with Crippen LogP contribution in [0.1, 0.15) is 18.9 Å². The van der Waals surface area contributed by atoms with Gasteiger partial charge in [0, 0.05) is 51.3 Å². The van der Waals surface area contributed by atoms with Crippen LogP contribution in [-0.4, -0.2) is 35.3 Å². The van der Waals surface area contributed by atoms with E-state index in [-0.39, 0.29) is 11.8 Å². The Labute approximate surface area is 124 Å². The Bertz CT molecular complexity index is 650. The molecule has 1 aromatic carbocycles. The fourth-order valence-corrected chi connectivity index (χ4v) is 2.21. The maximum Gasteiger partial charge on any atom is 0.224 e. The molecule has 0 fully saturated rings. The molecule has 0 spiro atoms. The summed E-state index contributed by atoms with van der Waals surface area (Å²) in [6, 6.07) is 7.94. The Morgan fingerprint density at radius 2 is 2.10 bits per heavy atom. The Morgan fingerprint density at radius 3 is 2.86 bits per heavy atom. The van der Waals surface area contributed by atoms with Gasteiger partial charge in [0.05, 0.1) is 0 Å². The summed E-state index contributed by atoms with van der Waals surface area (Å²) >= 11 is 0. The average Bonchev–Trinajstić information content (AvgIpc) is 2.47. The molecule has 0 atom stereocenters. The molecule has 110 valence electrons. The minimum absolute atomic E-state index is 0.00908. The fraction of sp³-hybridized carbons (Fsp3) is 0.312. The predicted molar refractivity (Wildman–Crippen MR) is 81.5 cm³/mol. The lowest BCUT2D eigenvalue weighted by Gasteiger charge is -2.18. The number of benzene rings is 1. The highest BCUT2D eigenvalue weighted by atomic mass is 16.2. The second kappa shape index (κ2) is 6.83. The quantitative estimate of drug-likeness (QED) is 0.910. The summed E-state index contributed by atoms with van der Waals surface area (Å²) in [5.74, 6) is -0.109. The number of aromatic nitrogens is 1. The van der Waals surface area contributed by atoms with Crippen molar-refractivity contribution < 1.29 is 9.59 Å². The lowest BCUT2D eigenvalue weighted by molar-refractivity contribution is -0.130. The number of nitrogens with zero attached hydrogens (tertiary/aromatic N) is 2. The van der Waals surface area contributed by atoms with Gasteiger partial charge in [0.25, 0.3) is 0 Å². The van der Waals surface area contributed by atoms with Gasteiger partial charge in [-0.25, -0.2) is 0 Å². The van der Waals surface area contributed by atoms with Crippen molar-refractivity contribution in [3.8, 4) is 0 Å². The van der Waals surface area contributed by atoms with E-state index >= 15 is 0 Å². The molecule has 0 bridgehead atoms. The second-order valence-electron chi connectivity index (χ2n) is 5.00. The molecule has 0 saturated carbocycles. The van der Waals surface area contributed by atoms with Gasteiger partial charge in [-0.3, -0.25) is 14.6 Å². The average molecular weight is 285 g/mol. The number of rotatable bonds is 5. The normalized spacial score (nSPS) is 10.4. The summed E-state index contributed by atoms with van der Waals surface area (Å²) in [6.45, 7) is 2.36. The van der Waals surface area contributed by atoms with Gasteiger partial charge in [-0.2, -0.15) is 0 Å². The molecule has 2 aromatic rings. The number of carbonyl (C=O) groups excluding carboxylic acids is 2. The first-order chi connectivity index (χ1) is 10.1. The van der Waals surface area contributed by atoms with Crippen LogP contribution in [0.25, 0.3) is 10.8 Å². The Balaban J connectivity index is 2.02. The highest BCUT2D eigenvalue weighted by Crippen LogP contribution is 2.18. The van der Waals surface area contributed by atoms with Crippen LogP contribution in [-0.2, 0) is 16.1 Å². The maximum absolute atomic E-state index is 12.0. The summed E-state index contributed by atoms with van der Waals surface area (Å²) in [5, 5.41) is 4.80. The van der Waals surface area contributed by atoms with E-state index in [2.05, 4.69) is 10.3 Å². The molecule has 0 unspecified atom stereocenters. The van der Waals surface area contributed by atoms with Crippen molar-refractivity contribution in [2.75, 3.05) is 13.6 Å². The molecule has 0 aliphatic heterocycles. The van der Waals surface area contributed by atoms with Crippen LogP contribution in [0, 0.1) is 0 Å². The van der Waals surface area contributed by atoms with Gasteiger partial charge in [-0.05, 0) is 17.0 Å². The molecule has 1 heterocycles. The van der Waals surface area contributed by atoms with Crippen molar-refractivity contribution in [1.29, 1.82) is 0 Å². The molecular formula is C16H19N3O2. The Hall–Kier alpha value is -2.43. The minimum atomic E-state index is -0.119. The molecule has 1 N–H and O–H groups in total. The molecule has 5 nitrogen and oxygen atoms in total. The number of hydrogen-bond acceptors (Lipinski definition) is 3. The van der Waals surface area contributed by atoms with E-state index in [0.717, 1.165) is 16.3 Å². The van der Waals surface area contributed by atoms with E-state index in [1.807, 2.05) is 30.5 Å². The SMILES string of the molecule is CC(=O)NCCC(=O)N(C)Cc1cccc2cnccc12. The molecule has 0 aliphatic carbocycles. The van der Waals surface area contributed by atoms with Crippen LogP contribution in [0.3, 0.4) is 0 Å². The van der Waals surface area contributed by atoms with E-state index in [4.69, 9.17) is 0 Å². The molecule has 1 aromatic heterocycles. The van der Waals surface area contributed by atoms with Crippen LogP contribution in [0.2, 0.25) is 0 Å². The van der Waals surface area contributed by atoms with Crippen LogP contribution in [0.5, 0.6) is 0 Å². The third kappa shape index (κ3) is 4.02. The van der Waals surface area contributed by atoms with Gasteiger partial charge in [-0.15, -0.1) is 0 Å². The summed E-state index contributed by atoms with van der Waals surface area (Å²) < 4.78 is 0. The number of fused-ring (bicyclic) bond motifs is 1. The molecular weight excluding hydrogens is 266 g/mol. The van der Waals surface area contributed by atoms with Crippen LogP contribution in [0.4, 0.5) is 0 Å². The zero-order valence-electron chi connectivity index (χ0n) is 12.3. The topological polar surface area (TPSA) is 62.3 Å². The van der Waals surface area contributed by atoms with Crippen molar-refractivity contribution in [2.24, 2.45) is 0 Å². The molecule has 2 rings (SSSR count). The van der Waals surface area contributed by atoms with E-state index < -0.39 is 0 Å². The first kappa shape index (κ1) is 15.0. The predicted octanol–water partition coefficient (Wildman–Crippen LogP) is 1.72. The maximum atomic E-state index is 12.0. The van der Waals surface area contributed by atoms with Gasteiger partial charge in [0.2, 0.25) is 11.8 Å².